The molecule has 0 N–H and O–H groups in total. The van der Waals surface area contributed by atoms with E-state index in [2.05, 4.69) is 18.8 Å². The number of aryl methyl sites for hydroxylation is 1. The number of pyridine rings is 1. The van der Waals surface area contributed by atoms with Crippen molar-refractivity contribution in [2.75, 3.05) is 13.1 Å². The van der Waals surface area contributed by atoms with Crippen molar-refractivity contribution in [1.29, 1.82) is 0 Å². The van der Waals surface area contributed by atoms with Crippen LogP contribution in [0, 0.1) is 12.3 Å². The number of piperidine rings is 1. The summed E-state index contributed by atoms with van der Waals surface area (Å²) in [5.74, 6) is 1.42. The first-order valence-electron chi connectivity index (χ1n) is 8.99. The predicted molar refractivity (Wildman–Crippen MR) is 99.0 cm³/mol. The van der Waals surface area contributed by atoms with Gasteiger partial charge in [-0.15, -0.1) is 0 Å². The van der Waals surface area contributed by atoms with Gasteiger partial charge in [-0.25, -0.2) is 4.98 Å². The molecule has 1 aliphatic heterocycles. The Morgan fingerprint density at radius 3 is 2.56 bits per heavy atom. The van der Waals surface area contributed by atoms with E-state index in [9.17, 15) is 4.79 Å². The van der Waals surface area contributed by atoms with Crippen LogP contribution in [-0.2, 0) is 0 Å². The van der Waals surface area contributed by atoms with E-state index in [0.29, 0.717) is 11.4 Å². The van der Waals surface area contributed by atoms with Gasteiger partial charge in [-0.2, -0.15) is 0 Å². The van der Waals surface area contributed by atoms with Gasteiger partial charge in [-0.3, -0.25) is 4.79 Å². The van der Waals surface area contributed by atoms with Crippen LogP contribution in [-0.4, -0.2) is 28.9 Å². The maximum atomic E-state index is 12.7. The van der Waals surface area contributed by atoms with Gasteiger partial charge in [0.1, 0.15) is 17.2 Å². The number of carbonyl (C=O) groups excluding carboxylic acids is 1. The Bertz CT molecular complexity index is 725. The average Bonchev–Trinajstić information content (AvgIpc) is 2.64. The number of amides is 1. The molecule has 1 aromatic carbocycles. The molecule has 132 valence electrons. The minimum atomic E-state index is 0.0151. The fraction of sp³-hybridized carbons (Fsp3) is 0.429. The Balaban J connectivity index is 1.67. The van der Waals surface area contributed by atoms with Crippen LogP contribution in [0.4, 0.5) is 0 Å². The Kier molecular flexibility index (Phi) is 5.07. The Morgan fingerprint density at radius 1 is 1.20 bits per heavy atom. The Hall–Kier alpha value is -2.36. The Morgan fingerprint density at radius 2 is 1.92 bits per heavy atom. The molecular formula is C21H26N2O2. The second-order valence-corrected chi connectivity index (χ2v) is 7.29. The summed E-state index contributed by atoms with van der Waals surface area (Å²) in [6.07, 6.45) is 4.96. The third-order valence-corrected chi connectivity index (χ3v) is 5.13. The summed E-state index contributed by atoms with van der Waals surface area (Å²) in [6, 6.07) is 11.4. The number of hydrogen-bond donors (Lipinski definition) is 0. The van der Waals surface area contributed by atoms with Crippen molar-refractivity contribution in [1.82, 2.24) is 9.88 Å². The lowest BCUT2D eigenvalue weighted by Crippen LogP contribution is -2.44. The molecule has 1 saturated heterocycles. The second-order valence-electron chi connectivity index (χ2n) is 7.29. The van der Waals surface area contributed by atoms with Crippen LogP contribution in [0.1, 0.15) is 49.2 Å². The van der Waals surface area contributed by atoms with Crippen LogP contribution in [0.2, 0.25) is 0 Å². The van der Waals surface area contributed by atoms with Crippen molar-refractivity contribution < 1.29 is 9.53 Å². The molecule has 1 atom stereocenters. The standard InChI is InChI=1S/C21H26N2O2/c1-4-21(3)12-5-13-23(15-21)20(24)19-11-10-18(14-22-19)25-17-8-6-16(2)7-9-17/h6-11,14H,4-5,12-13,15H2,1-3H3. The largest absolute Gasteiger partial charge is 0.456 e. The number of rotatable bonds is 4. The van der Waals surface area contributed by atoms with Crippen LogP contribution in [0.3, 0.4) is 0 Å². The quantitative estimate of drug-likeness (QED) is 0.801. The van der Waals surface area contributed by atoms with Crippen molar-refractivity contribution in [2.45, 2.75) is 40.0 Å². The highest BCUT2D eigenvalue weighted by Gasteiger charge is 2.32. The number of nitrogens with zero attached hydrogens (tertiary/aromatic N) is 2. The maximum Gasteiger partial charge on any atom is 0.272 e. The van der Waals surface area contributed by atoms with Crippen molar-refractivity contribution in [2.24, 2.45) is 5.41 Å². The lowest BCUT2D eigenvalue weighted by Gasteiger charge is -2.39. The molecule has 0 aliphatic carbocycles. The zero-order chi connectivity index (χ0) is 17.9. The molecule has 1 unspecified atom stereocenters. The zero-order valence-corrected chi connectivity index (χ0v) is 15.3. The number of hydrogen-bond acceptors (Lipinski definition) is 3. The topological polar surface area (TPSA) is 42.4 Å². The summed E-state index contributed by atoms with van der Waals surface area (Å²) >= 11 is 0. The molecule has 2 aromatic rings. The van der Waals surface area contributed by atoms with Gasteiger partial charge in [0.15, 0.2) is 0 Å². The van der Waals surface area contributed by atoms with Gasteiger partial charge in [-0.05, 0) is 55.9 Å². The number of ether oxygens (including phenoxy) is 1. The lowest BCUT2D eigenvalue weighted by atomic mass is 9.79. The highest BCUT2D eigenvalue weighted by Crippen LogP contribution is 2.33. The molecule has 0 radical (unpaired) electrons. The normalized spacial score (nSPS) is 20.4. The van der Waals surface area contributed by atoms with Gasteiger partial charge < -0.3 is 9.64 Å². The van der Waals surface area contributed by atoms with Gasteiger partial charge in [0, 0.05) is 13.1 Å². The highest BCUT2D eigenvalue weighted by molar-refractivity contribution is 5.92. The van der Waals surface area contributed by atoms with Crippen LogP contribution < -0.4 is 4.74 Å². The van der Waals surface area contributed by atoms with E-state index in [-0.39, 0.29) is 11.3 Å². The number of likely N-dealkylation sites (tertiary alicyclic amines) is 1. The lowest BCUT2D eigenvalue weighted by molar-refractivity contribution is 0.0537. The summed E-state index contributed by atoms with van der Waals surface area (Å²) in [7, 11) is 0. The zero-order valence-electron chi connectivity index (χ0n) is 15.3. The first kappa shape index (κ1) is 17.5. The van der Waals surface area contributed by atoms with E-state index in [0.717, 1.165) is 31.7 Å². The highest BCUT2D eigenvalue weighted by atomic mass is 16.5. The minimum Gasteiger partial charge on any atom is -0.456 e. The molecule has 1 fully saturated rings. The third kappa shape index (κ3) is 4.19. The third-order valence-electron chi connectivity index (χ3n) is 5.13. The fourth-order valence-electron chi connectivity index (χ4n) is 3.25. The van der Waals surface area contributed by atoms with E-state index >= 15 is 0 Å². The number of benzene rings is 1. The van der Waals surface area contributed by atoms with E-state index in [1.807, 2.05) is 42.2 Å². The molecule has 0 saturated carbocycles. The molecule has 1 aliphatic rings. The maximum absolute atomic E-state index is 12.7. The van der Waals surface area contributed by atoms with E-state index in [1.54, 1.807) is 12.3 Å². The summed E-state index contributed by atoms with van der Waals surface area (Å²) in [6.45, 7) is 8.13. The van der Waals surface area contributed by atoms with Crippen molar-refractivity contribution in [3.8, 4) is 11.5 Å². The van der Waals surface area contributed by atoms with Gasteiger partial charge >= 0.3 is 0 Å². The van der Waals surface area contributed by atoms with Crippen LogP contribution in [0.15, 0.2) is 42.6 Å². The molecule has 1 aromatic heterocycles. The van der Waals surface area contributed by atoms with Crippen LogP contribution >= 0.6 is 0 Å². The predicted octanol–water partition coefficient (Wildman–Crippen LogP) is 4.83. The van der Waals surface area contributed by atoms with E-state index < -0.39 is 0 Å². The Labute approximate surface area is 149 Å². The summed E-state index contributed by atoms with van der Waals surface area (Å²) in [5, 5.41) is 0. The smallest absolute Gasteiger partial charge is 0.272 e. The first-order chi connectivity index (χ1) is 12.0. The molecule has 0 bridgehead atoms. The second kappa shape index (κ2) is 7.26. The fourth-order valence-corrected chi connectivity index (χ4v) is 3.25. The first-order valence-corrected chi connectivity index (χ1v) is 8.99. The molecule has 0 spiro atoms. The minimum absolute atomic E-state index is 0.0151. The molecule has 25 heavy (non-hydrogen) atoms. The van der Waals surface area contributed by atoms with Gasteiger partial charge in [-0.1, -0.05) is 31.5 Å². The van der Waals surface area contributed by atoms with E-state index in [4.69, 9.17) is 4.74 Å². The molecule has 3 rings (SSSR count). The van der Waals surface area contributed by atoms with Gasteiger partial charge in [0.2, 0.25) is 0 Å². The molecular weight excluding hydrogens is 312 g/mol. The summed E-state index contributed by atoms with van der Waals surface area (Å²) in [5.41, 5.74) is 1.89. The molecule has 1 amide bonds. The van der Waals surface area contributed by atoms with Crippen LogP contribution in [0.25, 0.3) is 0 Å². The van der Waals surface area contributed by atoms with Crippen molar-refractivity contribution in [3.63, 3.8) is 0 Å². The SMILES string of the molecule is CCC1(C)CCCN(C(=O)c2ccc(Oc3ccc(C)cc3)cn2)C1. The monoisotopic (exact) mass is 338 g/mol. The number of carbonyl (C=O) groups is 1. The van der Waals surface area contributed by atoms with Crippen molar-refractivity contribution >= 4 is 5.91 Å². The van der Waals surface area contributed by atoms with Gasteiger partial charge in [0.25, 0.3) is 5.91 Å². The average molecular weight is 338 g/mol. The molecule has 4 nitrogen and oxygen atoms in total. The summed E-state index contributed by atoms with van der Waals surface area (Å²) in [4.78, 5) is 19.0. The van der Waals surface area contributed by atoms with Crippen LogP contribution in [0.5, 0.6) is 11.5 Å². The van der Waals surface area contributed by atoms with Crippen molar-refractivity contribution in [3.05, 3.63) is 53.9 Å². The summed E-state index contributed by atoms with van der Waals surface area (Å²) < 4.78 is 5.78. The molecule has 2 heterocycles. The van der Waals surface area contributed by atoms with Gasteiger partial charge in [0.05, 0.1) is 6.20 Å². The molecule has 4 heteroatoms. The number of aromatic nitrogens is 1. The van der Waals surface area contributed by atoms with E-state index in [1.165, 1.54) is 12.0 Å².